The molecule has 1 aromatic carbocycles. The van der Waals surface area contributed by atoms with E-state index in [0.717, 1.165) is 25.8 Å². The number of nitrogens with zero attached hydrogens (tertiary/aromatic N) is 3. The Morgan fingerprint density at radius 2 is 2.00 bits per heavy atom. The number of hydrogen-bond donors (Lipinski definition) is 1. The maximum Gasteiger partial charge on any atom is 0.267 e. The molecule has 0 atom stereocenters. The van der Waals surface area contributed by atoms with E-state index >= 15 is 0 Å². The van der Waals surface area contributed by atoms with Gasteiger partial charge in [0.05, 0.1) is 23.0 Å². The Morgan fingerprint density at radius 3 is 2.77 bits per heavy atom. The molecular weight excluding hydrogens is 372 g/mol. The third-order valence-corrected chi connectivity index (χ3v) is 5.26. The number of halogens is 1. The molecule has 26 heavy (non-hydrogen) atoms. The fourth-order valence-electron chi connectivity index (χ4n) is 2.38. The molecule has 2 aromatic heterocycles. The first-order valence-corrected chi connectivity index (χ1v) is 9.16. The highest BCUT2D eigenvalue weighted by molar-refractivity contribution is 7.15. The maximum absolute atomic E-state index is 12.1. The summed E-state index contributed by atoms with van der Waals surface area (Å²) in [6, 6.07) is 10.5. The van der Waals surface area contributed by atoms with Crippen LogP contribution in [0.2, 0.25) is 5.02 Å². The SMILES string of the molecule is Cc1ccc(=O)n(CC(=O)NCc2sc(-c3ccccc3Cl)nc2C)n1. The standard InChI is InChI=1S/C18H17ClN4O2S/c1-11-7-8-17(25)23(22-11)10-16(24)20-9-15-12(2)21-18(26-15)13-5-3-4-6-14(13)19/h3-8H,9-10H2,1-2H3,(H,20,24). The van der Waals surface area contributed by atoms with Crippen molar-refractivity contribution in [3.05, 3.63) is 68.0 Å². The number of rotatable bonds is 5. The number of thiazole rings is 1. The van der Waals surface area contributed by atoms with Crippen LogP contribution >= 0.6 is 22.9 Å². The van der Waals surface area contributed by atoms with E-state index in [1.165, 1.54) is 17.4 Å². The maximum atomic E-state index is 12.1. The second-order valence-electron chi connectivity index (χ2n) is 5.75. The quantitative estimate of drug-likeness (QED) is 0.729. The summed E-state index contributed by atoms with van der Waals surface area (Å²) in [5.74, 6) is -0.280. The van der Waals surface area contributed by atoms with Crippen molar-refractivity contribution in [3.8, 4) is 10.6 Å². The summed E-state index contributed by atoms with van der Waals surface area (Å²) in [4.78, 5) is 29.4. The Hall–Kier alpha value is -2.51. The van der Waals surface area contributed by atoms with Crippen molar-refractivity contribution in [2.45, 2.75) is 26.9 Å². The number of amides is 1. The molecule has 134 valence electrons. The van der Waals surface area contributed by atoms with Gasteiger partial charge in [-0.15, -0.1) is 11.3 Å². The van der Waals surface area contributed by atoms with Gasteiger partial charge in [-0.25, -0.2) is 9.67 Å². The first kappa shape index (κ1) is 18.3. The van der Waals surface area contributed by atoms with Crippen LogP contribution in [0.4, 0.5) is 0 Å². The lowest BCUT2D eigenvalue weighted by atomic mass is 10.2. The average Bonchev–Trinajstić information content (AvgIpc) is 2.97. The van der Waals surface area contributed by atoms with Crippen LogP contribution in [0.5, 0.6) is 0 Å². The Labute approximate surface area is 159 Å². The van der Waals surface area contributed by atoms with Crippen LogP contribution in [-0.2, 0) is 17.9 Å². The van der Waals surface area contributed by atoms with Crippen molar-refractivity contribution < 1.29 is 4.79 Å². The molecule has 0 spiro atoms. The molecule has 0 aliphatic rings. The van der Waals surface area contributed by atoms with E-state index in [9.17, 15) is 9.59 Å². The number of benzene rings is 1. The topological polar surface area (TPSA) is 76.9 Å². The van der Waals surface area contributed by atoms with Crippen LogP contribution in [0.25, 0.3) is 10.6 Å². The smallest absolute Gasteiger partial charge is 0.267 e. The molecule has 0 radical (unpaired) electrons. The molecule has 3 aromatic rings. The predicted octanol–water partition coefficient (Wildman–Crippen LogP) is 2.95. The molecule has 1 amide bonds. The Morgan fingerprint density at radius 1 is 1.23 bits per heavy atom. The van der Waals surface area contributed by atoms with Crippen LogP contribution < -0.4 is 10.9 Å². The van der Waals surface area contributed by atoms with E-state index in [-0.39, 0.29) is 18.0 Å². The minimum absolute atomic E-state index is 0.115. The van der Waals surface area contributed by atoms with E-state index in [0.29, 0.717) is 17.3 Å². The van der Waals surface area contributed by atoms with E-state index < -0.39 is 0 Å². The number of aryl methyl sites for hydroxylation is 2. The van der Waals surface area contributed by atoms with Gasteiger partial charge in [-0.1, -0.05) is 29.8 Å². The summed E-state index contributed by atoms with van der Waals surface area (Å²) in [7, 11) is 0. The Balaban J connectivity index is 1.68. The third-order valence-electron chi connectivity index (χ3n) is 3.74. The van der Waals surface area contributed by atoms with Crippen molar-refractivity contribution in [2.75, 3.05) is 0 Å². The van der Waals surface area contributed by atoms with Gasteiger partial charge in [0, 0.05) is 16.5 Å². The largest absolute Gasteiger partial charge is 0.350 e. The highest BCUT2D eigenvalue weighted by atomic mass is 35.5. The summed E-state index contributed by atoms with van der Waals surface area (Å²) in [5, 5.41) is 8.33. The van der Waals surface area contributed by atoms with Crippen LogP contribution in [0.1, 0.15) is 16.3 Å². The van der Waals surface area contributed by atoms with Gasteiger partial charge >= 0.3 is 0 Å². The van der Waals surface area contributed by atoms with Gasteiger partial charge in [-0.2, -0.15) is 5.10 Å². The van der Waals surface area contributed by atoms with Gasteiger partial charge in [0.25, 0.3) is 5.56 Å². The van der Waals surface area contributed by atoms with Crippen LogP contribution in [-0.4, -0.2) is 20.7 Å². The summed E-state index contributed by atoms with van der Waals surface area (Å²) in [6.45, 7) is 3.89. The monoisotopic (exact) mass is 388 g/mol. The summed E-state index contributed by atoms with van der Waals surface area (Å²) >= 11 is 7.71. The predicted molar refractivity (Wildman–Crippen MR) is 102 cm³/mol. The van der Waals surface area contributed by atoms with Crippen molar-refractivity contribution in [1.29, 1.82) is 0 Å². The summed E-state index contributed by atoms with van der Waals surface area (Å²) in [5.41, 5.74) is 2.09. The first-order chi connectivity index (χ1) is 12.4. The lowest BCUT2D eigenvalue weighted by Gasteiger charge is -2.06. The number of nitrogens with one attached hydrogen (secondary N) is 1. The molecule has 0 unspecified atom stereocenters. The normalized spacial score (nSPS) is 10.7. The van der Waals surface area contributed by atoms with Gasteiger partial charge in [0.15, 0.2) is 0 Å². The van der Waals surface area contributed by atoms with Crippen LogP contribution in [0.3, 0.4) is 0 Å². The van der Waals surface area contributed by atoms with Crippen LogP contribution in [0.15, 0.2) is 41.2 Å². The minimum Gasteiger partial charge on any atom is -0.350 e. The van der Waals surface area contributed by atoms with Crippen molar-refractivity contribution in [3.63, 3.8) is 0 Å². The average molecular weight is 389 g/mol. The highest BCUT2D eigenvalue weighted by Gasteiger charge is 2.13. The molecule has 1 N–H and O–H groups in total. The summed E-state index contributed by atoms with van der Waals surface area (Å²) < 4.78 is 1.15. The molecule has 8 heteroatoms. The molecule has 6 nitrogen and oxygen atoms in total. The number of carbonyl (C=O) groups is 1. The number of hydrogen-bond acceptors (Lipinski definition) is 5. The van der Waals surface area contributed by atoms with Gasteiger partial charge in [-0.3, -0.25) is 9.59 Å². The van der Waals surface area contributed by atoms with Crippen LogP contribution in [0, 0.1) is 13.8 Å². The van der Waals surface area contributed by atoms with Gasteiger partial charge in [0.2, 0.25) is 5.91 Å². The molecule has 0 saturated heterocycles. The van der Waals surface area contributed by atoms with Gasteiger partial charge in [0.1, 0.15) is 11.6 Å². The van der Waals surface area contributed by atoms with Gasteiger partial charge < -0.3 is 5.32 Å². The van der Waals surface area contributed by atoms with Crippen molar-refractivity contribution >= 4 is 28.8 Å². The fourth-order valence-corrected chi connectivity index (χ4v) is 3.70. The second kappa shape index (κ2) is 7.80. The zero-order valence-corrected chi connectivity index (χ0v) is 15.9. The first-order valence-electron chi connectivity index (χ1n) is 7.96. The third kappa shape index (κ3) is 4.17. The number of carbonyl (C=O) groups excluding carboxylic acids is 1. The van der Waals surface area contributed by atoms with E-state index in [4.69, 9.17) is 11.6 Å². The van der Waals surface area contributed by atoms with E-state index in [1.807, 2.05) is 31.2 Å². The van der Waals surface area contributed by atoms with Crippen molar-refractivity contribution in [2.24, 2.45) is 0 Å². The number of aromatic nitrogens is 3. The minimum atomic E-state index is -0.305. The van der Waals surface area contributed by atoms with E-state index in [1.54, 1.807) is 13.0 Å². The summed E-state index contributed by atoms with van der Waals surface area (Å²) in [6.07, 6.45) is 0. The highest BCUT2D eigenvalue weighted by Crippen LogP contribution is 2.32. The molecule has 0 aliphatic heterocycles. The molecule has 2 heterocycles. The fraction of sp³-hybridized carbons (Fsp3) is 0.222. The lowest BCUT2D eigenvalue weighted by molar-refractivity contribution is -0.122. The Kier molecular flexibility index (Phi) is 5.49. The van der Waals surface area contributed by atoms with Crippen molar-refractivity contribution in [1.82, 2.24) is 20.1 Å². The molecule has 0 fully saturated rings. The second-order valence-corrected chi connectivity index (χ2v) is 7.25. The van der Waals surface area contributed by atoms with Gasteiger partial charge in [-0.05, 0) is 26.0 Å². The van der Waals surface area contributed by atoms with E-state index in [2.05, 4.69) is 15.4 Å². The molecule has 0 bridgehead atoms. The molecule has 0 saturated carbocycles. The zero-order valence-electron chi connectivity index (χ0n) is 14.3. The lowest BCUT2D eigenvalue weighted by Crippen LogP contribution is -2.33. The molecular formula is C18H17ClN4O2S. The Bertz CT molecular complexity index is 1010. The molecule has 0 aliphatic carbocycles. The zero-order chi connectivity index (χ0) is 18.7. The molecule has 3 rings (SSSR count).